The first-order valence-corrected chi connectivity index (χ1v) is 19.1. The van der Waals surface area contributed by atoms with Crippen molar-refractivity contribution in [3.8, 4) is 22.6 Å². The van der Waals surface area contributed by atoms with Gasteiger partial charge in [-0.25, -0.2) is 9.59 Å². The monoisotopic (exact) mass is 825 g/mol. The zero-order chi connectivity index (χ0) is 42.8. The molecular formula is C43H43N3O14. The van der Waals surface area contributed by atoms with E-state index in [9.17, 15) is 34.1 Å². The third-order valence-corrected chi connectivity index (χ3v) is 10.3. The van der Waals surface area contributed by atoms with Crippen molar-refractivity contribution >= 4 is 42.0 Å². The standard InChI is InChI=1S/C43H43N3O14/c1-25-26(2)40(57-27(3)48)41(60-38(25)23-54-24-47)59-37-17-12-28(21-56-43(51)58-30-15-13-29(14-16-30)46(52)53)20-36(37)45-39(49)18-19-44-42(50)55-22-35-33-10-6-4-8-31(33)32-9-5-7-11-34(32)35/h4-17,20,24-26,35,38,40-41H,18-19,21-23H2,1-3H3,(H,44,50)(H,45,49)/t25-,26-,38+,40+,41?/m0/s1. The highest BCUT2D eigenvalue weighted by atomic mass is 16.7. The van der Waals surface area contributed by atoms with Crippen LogP contribution in [-0.4, -0.2) is 73.8 Å². The van der Waals surface area contributed by atoms with Gasteiger partial charge in [0.05, 0.1) is 16.7 Å². The normalized spacial score (nSPS) is 19.1. The highest BCUT2D eigenvalue weighted by molar-refractivity contribution is 5.92. The van der Waals surface area contributed by atoms with Crippen molar-refractivity contribution in [1.82, 2.24) is 5.32 Å². The van der Waals surface area contributed by atoms with Gasteiger partial charge < -0.3 is 43.8 Å². The predicted octanol–water partition coefficient (Wildman–Crippen LogP) is 6.66. The first-order valence-electron chi connectivity index (χ1n) is 19.1. The van der Waals surface area contributed by atoms with Crippen molar-refractivity contribution in [3.05, 3.63) is 118 Å². The van der Waals surface area contributed by atoms with E-state index in [0.717, 1.165) is 22.3 Å². The molecule has 0 saturated carbocycles. The van der Waals surface area contributed by atoms with E-state index in [-0.39, 0.29) is 73.4 Å². The first kappa shape index (κ1) is 42.6. The number of esters is 1. The second-order valence-corrected chi connectivity index (χ2v) is 14.2. The van der Waals surface area contributed by atoms with Crippen LogP contribution in [0.2, 0.25) is 0 Å². The molecule has 6 rings (SSSR count). The lowest BCUT2D eigenvalue weighted by Crippen LogP contribution is -2.54. The lowest BCUT2D eigenvalue weighted by molar-refractivity contribution is -0.384. The van der Waals surface area contributed by atoms with Gasteiger partial charge in [0.25, 0.3) is 12.2 Å². The number of alkyl carbamates (subject to hydrolysis) is 1. The fraction of sp³-hybridized carbons (Fsp3) is 0.326. The lowest BCUT2D eigenvalue weighted by atomic mass is 9.83. The summed E-state index contributed by atoms with van der Waals surface area (Å²) in [6.45, 7) is 4.85. The Morgan fingerprint density at radius 3 is 2.20 bits per heavy atom. The fourth-order valence-electron chi connectivity index (χ4n) is 7.07. The molecular weight excluding hydrogens is 782 g/mol. The molecule has 1 heterocycles. The van der Waals surface area contributed by atoms with E-state index in [1.165, 1.54) is 43.3 Å². The molecule has 1 fully saturated rings. The number of amides is 2. The largest absolute Gasteiger partial charge is 0.514 e. The molecule has 1 aliphatic carbocycles. The van der Waals surface area contributed by atoms with Crippen LogP contribution in [0.3, 0.4) is 0 Å². The number of benzene rings is 4. The SMILES string of the molecule is CC(=O)O[C@H]1C(Oc2ccc(COC(=O)Oc3ccc([N+](=O)[O-])cc3)cc2NC(=O)CCNC(=O)OCC2c3ccccc3-c3ccccc32)O[C@H](COC=O)[C@@H](C)[C@@H]1C. The molecule has 0 aromatic heterocycles. The molecule has 0 radical (unpaired) electrons. The minimum absolute atomic E-state index is 0.0178. The fourth-order valence-corrected chi connectivity index (χ4v) is 7.07. The topological polar surface area (TPSA) is 217 Å². The Hall–Kier alpha value is -7.01. The molecule has 0 bridgehead atoms. The summed E-state index contributed by atoms with van der Waals surface area (Å²) in [4.78, 5) is 72.1. The molecule has 314 valence electrons. The molecule has 5 atom stereocenters. The van der Waals surface area contributed by atoms with E-state index in [1.54, 1.807) is 6.07 Å². The summed E-state index contributed by atoms with van der Waals surface area (Å²) in [6, 6.07) is 25.2. The number of anilines is 1. The smallest absolute Gasteiger partial charge is 0.465 e. The van der Waals surface area contributed by atoms with Crippen LogP contribution in [0.25, 0.3) is 11.1 Å². The van der Waals surface area contributed by atoms with Gasteiger partial charge in [0.2, 0.25) is 12.2 Å². The van der Waals surface area contributed by atoms with Crippen molar-refractivity contribution in [2.45, 2.75) is 58.2 Å². The van der Waals surface area contributed by atoms with Crippen LogP contribution in [0.5, 0.6) is 11.5 Å². The predicted molar refractivity (Wildman–Crippen MR) is 212 cm³/mol. The van der Waals surface area contributed by atoms with Crippen LogP contribution in [0.1, 0.15) is 49.8 Å². The number of carbonyl (C=O) groups is 5. The number of hydrogen-bond donors (Lipinski definition) is 2. The Balaban J connectivity index is 1.12. The summed E-state index contributed by atoms with van der Waals surface area (Å²) in [5.74, 6) is -1.68. The van der Waals surface area contributed by atoms with Gasteiger partial charge in [-0.15, -0.1) is 0 Å². The number of non-ortho nitro benzene ring substituents is 1. The Kier molecular flexibility index (Phi) is 13.9. The second-order valence-electron chi connectivity index (χ2n) is 14.2. The average molecular weight is 826 g/mol. The van der Waals surface area contributed by atoms with E-state index in [1.807, 2.05) is 62.4 Å². The minimum atomic E-state index is -1.20. The first-order chi connectivity index (χ1) is 28.9. The van der Waals surface area contributed by atoms with Crippen molar-refractivity contribution < 1.29 is 62.1 Å². The quantitative estimate of drug-likeness (QED) is 0.0302. The van der Waals surface area contributed by atoms with Crippen LogP contribution in [0.15, 0.2) is 91.0 Å². The number of rotatable bonds is 16. The maximum atomic E-state index is 13.3. The Bertz CT molecular complexity index is 2170. The van der Waals surface area contributed by atoms with Gasteiger partial charge in [0, 0.05) is 43.9 Å². The van der Waals surface area contributed by atoms with E-state index in [0.29, 0.717) is 12.0 Å². The highest BCUT2D eigenvalue weighted by Crippen LogP contribution is 2.44. The van der Waals surface area contributed by atoms with Crippen LogP contribution in [-0.2, 0) is 44.7 Å². The van der Waals surface area contributed by atoms with Gasteiger partial charge in [-0.05, 0) is 58.0 Å². The van der Waals surface area contributed by atoms with E-state index < -0.39 is 47.5 Å². The summed E-state index contributed by atoms with van der Waals surface area (Å²) in [5.41, 5.74) is 4.61. The third kappa shape index (κ3) is 10.5. The molecule has 0 spiro atoms. The molecule has 1 aliphatic heterocycles. The van der Waals surface area contributed by atoms with E-state index in [2.05, 4.69) is 10.6 Å². The average Bonchev–Trinajstić information content (AvgIpc) is 3.55. The zero-order valence-electron chi connectivity index (χ0n) is 32.9. The maximum absolute atomic E-state index is 13.3. The van der Waals surface area contributed by atoms with Gasteiger partial charge in [-0.2, -0.15) is 0 Å². The number of nitro benzene ring substituents is 1. The molecule has 1 saturated heterocycles. The van der Waals surface area contributed by atoms with E-state index >= 15 is 0 Å². The molecule has 2 amide bonds. The van der Waals surface area contributed by atoms with Gasteiger partial charge >= 0.3 is 18.2 Å². The van der Waals surface area contributed by atoms with Crippen molar-refractivity contribution in [1.29, 1.82) is 0 Å². The number of carbonyl (C=O) groups excluding carboxylic acids is 5. The summed E-state index contributed by atoms with van der Waals surface area (Å²) in [5, 5.41) is 16.3. The van der Waals surface area contributed by atoms with Crippen LogP contribution < -0.4 is 20.1 Å². The second kappa shape index (κ2) is 19.6. The molecule has 17 heteroatoms. The van der Waals surface area contributed by atoms with Crippen molar-refractivity contribution in [2.24, 2.45) is 11.8 Å². The summed E-state index contributed by atoms with van der Waals surface area (Å²) >= 11 is 0. The Labute approximate surface area is 344 Å². The van der Waals surface area contributed by atoms with E-state index in [4.69, 9.17) is 33.2 Å². The Morgan fingerprint density at radius 1 is 0.867 bits per heavy atom. The summed E-state index contributed by atoms with van der Waals surface area (Å²) in [6.07, 6.45) is -4.70. The molecule has 2 aliphatic rings. The highest BCUT2D eigenvalue weighted by Gasteiger charge is 2.45. The molecule has 4 aromatic rings. The Morgan fingerprint density at radius 2 is 1.55 bits per heavy atom. The lowest BCUT2D eigenvalue weighted by Gasteiger charge is -2.43. The van der Waals surface area contributed by atoms with Crippen molar-refractivity contribution in [2.75, 3.05) is 25.1 Å². The number of nitrogens with zero attached hydrogens (tertiary/aromatic N) is 1. The van der Waals surface area contributed by atoms with Gasteiger partial charge in [0.15, 0.2) is 6.10 Å². The van der Waals surface area contributed by atoms with Crippen LogP contribution in [0, 0.1) is 22.0 Å². The minimum Gasteiger partial charge on any atom is -0.465 e. The molecule has 60 heavy (non-hydrogen) atoms. The number of fused-ring (bicyclic) bond motifs is 3. The zero-order valence-corrected chi connectivity index (χ0v) is 32.9. The molecule has 1 unspecified atom stereocenters. The molecule has 17 nitrogen and oxygen atoms in total. The molecule has 2 N–H and O–H groups in total. The summed E-state index contributed by atoms with van der Waals surface area (Å²) in [7, 11) is 0. The van der Waals surface area contributed by atoms with Crippen molar-refractivity contribution in [3.63, 3.8) is 0 Å². The number of hydrogen-bond acceptors (Lipinski definition) is 14. The third-order valence-electron chi connectivity index (χ3n) is 10.3. The van der Waals surface area contributed by atoms with Gasteiger partial charge in [-0.1, -0.05) is 68.4 Å². The van der Waals surface area contributed by atoms with Gasteiger partial charge in [0.1, 0.15) is 31.3 Å². The van der Waals surface area contributed by atoms with Gasteiger partial charge in [-0.3, -0.25) is 24.5 Å². The number of nitrogens with one attached hydrogen (secondary N) is 2. The summed E-state index contributed by atoms with van der Waals surface area (Å²) < 4.78 is 38.9. The number of ether oxygens (including phenoxy) is 7. The van der Waals surface area contributed by atoms with Crippen LogP contribution >= 0.6 is 0 Å². The van der Waals surface area contributed by atoms with Crippen LogP contribution in [0.4, 0.5) is 21.0 Å². The number of nitro groups is 1. The maximum Gasteiger partial charge on any atom is 0.514 e. The molecule has 4 aromatic carbocycles.